The number of fused-ring (bicyclic) bond motifs is 1. The Kier molecular flexibility index (Phi) is 4.55. The summed E-state index contributed by atoms with van der Waals surface area (Å²) in [6.45, 7) is 5.08. The van der Waals surface area contributed by atoms with Crippen LogP contribution in [0.4, 0.5) is 14.9 Å². The van der Waals surface area contributed by atoms with Crippen LogP contribution in [0, 0.1) is 5.82 Å². The summed E-state index contributed by atoms with van der Waals surface area (Å²) < 4.78 is 25.1. The van der Waals surface area contributed by atoms with Crippen molar-refractivity contribution in [2.24, 2.45) is 0 Å². The van der Waals surface area contributed by atoms with Crippen LogP contribution >= 0.6 is 0 Å². The summed E-state index contributed by atoms with van der Waals surface area (Å²) in [6.07, 6.45) is -0.769. The van der Waals surface area contributed by atoms with E-state index in [2.05, 4.69) is 0 Å². The molecule has 0 spiro atoms. The molecule has 1 aliphatic heterocycles. The van der Waals surface area contributed by atoms with Crippen molar-refractivity contribution in [1.82, 2.24) is 4.90 Å². The summed E-state index contributed by atoms with van der Waals surface area (Å²) in [7, 11) is 1.44. The first-order valence-electron chi connectivity index (χ1n) is 8.43. The van der Waals surface area contributed by atoms with Gasteiger partial charge in [0, 0.05) is 5.69 Å². The molecule has 0 saturated carbocycles. The Morgan fingerprint density at radius 3 is 2.52 bits per heavy atom. The molecule has 0 saturated heterocycles. The highest BCUT2D eigenvalue weighted by molar-refractivity contribution is 6.11. The third-order valence-electron chi connectivity index (χ3n) is 4.20. The molecule has 6 nitrogen and oxygen atoms in total. The maximum atomic E-state index is 14.6. The number of nitrogen functional groups attached to an aromatic ring is 1. The summed E-state index contributed by atoms with van der Waals surface area (Å²) in [5.74, 6) is -0.733. The fraction of sp³-hybridized carbons (Fsp3) is 0.300. The van der Waals surface area contributed by atoms with Gasteiger partial charge in [0.1, 0.15) is 17.2 Å². The van der Waals surface area contributed by atoms with Gasteiger partial charge in [-0.25, -0.2) is 14.1 Å². The number of hydrogen-bond acceptors (Lipinski definition) is 5. The number of nitrogens with two attached hydrogens (primary N) is 1. The van der Waals surface area contributed by atoms with Crippen molar-refractivity contribution in [3.63, 3.8) is 0 Å². The zero-order valence-corrected chi connectivity index (χ0v) is 15.6. The van der Waals surface area contributed by atoms with Gasteiger partial charge in [-0.1, -0.05) is 12.1 Å². The molecule has 0 unspecified atom stereocenters. The predicted octanol–water partition coefficient (Wildman–Crippen LogP) is 3.97. The van der Waals surface area contributed by atoms with Crippen molar-refractivity contribution in [2.75, 3.05) is 12.8 Å². The van der Waals surface area contributed by atoms with E-state index >= 15 is 0 Å². The Hall–Kier alpha value is -3.09. The van der Waals surface area contributed by atoms with Crippen LogP contribution in [0.1, 0.15) is 36.7 Å². The molecule has 27 heavy (non-hydrogen) atoms. The molecule has 0 radical (unpaired) electrons. The molecule has 2 aromatic rings. The van der Waals surface area contributed by atoms with Gasteiger partial charge in [0.15, 0.2) is 0 Å². The van der Waals surface area contributed by atoms with E-state index in [1.54, 1.807) is 32.9 Å². The number of hydrogen-bond donors (Lipinski definition) is 1. The van der Waals surface area contributed by atoms with E-state index in [-0.39, 0.29) is 23.4 Å². The van der Waals surface area contributed by atoms with Crippen molar-refractivity contribution in [3.8, 4) is 16.9 Å². The Bertz CT molecular complexity index is 934. The van der Waals surface area contributed by atoms with E-state index in [4.69, 9.17) is 15.2 Å². The van der Waals surface area contributed by atoms with Gasteiger partial charge in [-0.05, 0) is 50.1 Å². The highest BCUT2D eigenvalue weighted by atomic mass is 19.1. The molecule has 0 fully saturated rings. The third-order valence-corrected chi connectivity index (χ3v) is 4.20. The molecule has 1 heterocycles. The molecule has 2 amide bonds. The first kappa shape index (κ1) is 18.7. The van der Waals surface area contributed by atoms with Crippen LogP contribution in [-0.4, -0.2) is 29.6 Å². The van der Waals surface area contributed by atoms with Crippen molar-refractivity contribution < 1.29 is 23.5 Å². The Labute approximate surface area is 156 Å². The van der Waals surface area contributed by atoms with Gasteiger partial charge in [-0.2, -0.15) is 0 Å². The highest BCUT2D eigenvalue weighted by Crippen LogP contribution is 2.41. The van der Waals surface area contributed by atoms with E-state index < -0.39 is 23.4 Å². The number of imide groups is 1. The van der Waals surface area contributed by atoms with Gasteiger partial charge >= 0.3 is 6.09 Å². The van der Waals surface area contributed by atoms with Gasteiger partial charge in [0.2, 0.25) is 0 Å². The fourth-order valence-electron chi connectivity index (χ4n) is 3.08. The van der Waals surface area contributed by atoms with Gasteiger partial charge < -0.3 is 15.2 Å². The van der Waals surface area contributed by atoms with Gasteiger partial charge in [0.05, 0.1) is 24.8 Å². The van der Waals surface area contributed by atoms with E-state index in [0.717, 1.165) is 4.90 Å². The molecule has 2 N–H and O–H groups in total. The van der Waals surface area contributed by atoms with Crippen molar-refractivity contribution >= 4 is 17.7 Å². The Morgan fingerprint density at radius 1 is 1.19 bits per heavy atom. The lowest BCUT2D eigenvalue weighted by Crippen LogP contribution is -2.37. The van der Waals surface area contributed by atoms with Gasteiger partial charge in [0.25, 0.3) is 5.91 Å². The van der Waals surface area contributed by atoms with Gasteiger partial charge in [-0.3, -0.25) is 4.79 Å². The molecule has 1 aliphatic rings. The molecular weight excluding hydrogens is 351 g/mol. The fourth-order valence-corrected chi connectivity index (χ4v) is 3.08. The number of carbonyl (C=O) groups is 2. The van der Waals surface area contributed by atoms with Crippen LogP contribution in [0.3, 0.4) is 0 Å². The summed E-state index contributed by atoms with van der Waals surface area (Å²) in [4.78, 5) is 26.2. The van der Waals surface area contributed by atoms with Crippen LogP contribution in [0.5, 0.6) is 5.75 Å². The minimum absolute atomic E-state index is 0.0546. The predicted molar refractivity (Wildman–Crippen MR) is 98.9 cm³/mol. The second kappa shape index (κ2) is 6.57. The highest BCUT2D eigenvalue weighted by Gasteiger charge is 2.38. The lowest BCUT2D eigenvalue weighted by atomic mass is 9.94. The number of anilines is 1. The molecule has 3 rings (SSSR count). The molecule has 2 aromatic carbocycles. The lowest BCUT2D eigenvalue weighted by molar-refractivity contribution is 0.0248. The van der Waals surface area contributed by atoms with E-state index in [0.29, 0.717) is 16.9 Å². The molecule has 142 valence electrons. The van der Waals surface area contributed by atoms with Crippen LogP contribution in [0.2, 0.25) is 0 Å². The number of methoxy groups -OCH3 is 1. The lowest BCUT2D eigenvalue weighted by Gasteiger charge is -2.23. The number of halogens is 1. The van der Waals surface area contributed by atoms with Crippen LogP contribution < -0.4 is 10.5 Å². The number of nitrogens with zero attached hydrogens (tertiary/aromatic N) is 1. The zero-order valence-electron chi connectivity index (χ0n) is 15.6. The Balaban J connectivity index is 2.11. The molecule has 0 aliphatic carbocycles. The maximum absolute atomic E-state index is 14.6. The smallest absolute Gasteiger partial charge is 0.417 e. The molecule has 0 aromatic heterocycles. The summed E-state index contributed by atoms with van der Waals surface area (Å²) in [5, 5.41) is 0. The normalized spacial score (nSPS) is 13.5. The second-order valence-electron chi connectivity index (χ2n) is 7.24. The Morgan fingerprint density at radius 2 is 1.89 bits per heavy atom. The van der Waals surface area contributed by atoms with E-state index in [1.165, 1.54) is 25.3 Å². The van der Waals surface area contributed by atoms with Crippen LogP contribution in [0.25, 0.3) is 11.1 Å². The van der Waals surface area contributed by atoms with Crippen LogP contribution in [-0.2, 0) is 11.3 Å². The second-order valence-corrected chi connectivity index (χ2v) is 7.24. The van der Waals surface area contributed by atoms with E-state index in [9.17, 15) is 14.0 Å². The summed E-state index contributed by atoms with van der Waals surface area (Å²) in [5.41, 5.74) is 6.77. The molecule has 0 bridgehead atoms. The largest absolute Gasteiger partial charge is 0.496 e. The number of rotatable bonds is 2. The topological polar surface area (TPSA) is 81.9 Å². The summed E-state index contributed by atoms with van der Waals surface area (Å²) in [6, 6.07) is 7.62. The molecule has 0 atom stereocenters. The average Bonchev–Trinajstić information content (AvgIpc) is 2.93. The maximum Gasteiger partial charge on any atom is 0.417 e. The molecular formula is C20H21FN2O4. The monoisotopic (exact) mass is 372 g/mol. The molecule has 7 heteroatoms. The number of ether oxygens (including phenoxy) is 2. The zero-order chi connectivity index (χ0) is 19.9. The standard InChI is InChI=1S/C20H21FN2O4/c1-20(2,3)27-19(25)23-10-12-11(8-9-14(22)17(12)18(23)24)16-13(21)6-5-7-15(16)26-4/h5-9H,10,22H2,1-4H3. The van der Waals surface area contributed by atoms with Crippen molar-refractivity contribution in [3.05, 3.63) is 47.3 Å². The third kappa shape index (κ3) is 3.32. The first-order chi connectivity index (χ1) is 12.6. The number of benzene rings is 2. The quantitative estimate of drug-likeness (QED) is 0.807. The number of carbonyl (C=O) groups excluding carboxylic acids is 2. The van der Waals surface area contributed by atoms with Gasteiger partial charge in [-0.15, -0.1) is 0 Å². The SMILES string of the molecule is COc1cccc(F)c1-c1ccc(N)c2c1CN(C(=O)OC(C)(C)C)C2=O. The number of amides is 2. The first-order valence-corrected chi connectivity index (χ1v) is 8.43. The van der Waals surface area contributed by atoms with Crippen molar-refractivity contribution in [2.45, 2.75) is 32.9 Å². The minimum atomic E-state index is -0.769. The summed E-state index contributed by atoms with van der Waals surface area (Å²) >= 11 is 0. The van der Waals surface area contributed by atoms with Crippen molar-refractivity contribution in [1.29, 1.82) is 0 Å². The average molecular weight is 372 g/mol. The minimum Gasteiger partial charge on any atom is -0.496 e. The van der Waals surface area contributed by atoms with E-state index in [1.807, 2.05) is 0 Å². The van der Waals surface area contributed by atoms with Crippen LogP contribution in [0.15, 0.2) is 30.3 Å².